The van der Waals surface area contributed by atoms with Crippen LogP contribution in [0, 0.1) is 5.92 Å². The maximum Gasteiger partial charge on any atom is 0.330 e. The number of carbonyl (C=O) groups is 4. The Bertz CT molecular complexity index is 749. The predicted molar refractivity (Wildman–Crippen MR) is 107 cm³/mol. The number of benzene rings is 1. The predicted octanol–water partition coefficient (Wildman–Crippen LogP) is 0.0971. The maximum absolute atomic E-state index is 11.9. The summed E-state index contributed by atoms with van der Waals surface area (Å²) in [5.41, 5.74) is 17.5. The molecule has 0 aliphatic carbocycles. The van der Waals surface area contributed by atoms with Crippen LogP contribution in [-0.4, -0.2) is 47.1 Å². The normalized spacial score (nSPS) is 13.9. The zero-order valence-corrected chi connectivity index (χ0v) is 17.1. The molecule has 10 nitrogen and oxygen atoms in total. The smallest absolute Gasteiger partial charge is 0.330 e. The van der Waals surface area contributed by atoms with Crippen molar-refractivity contribution >= 4 is 23.9 Å². The lowest BCUT2D eigenvalue weighted by Gasteiger charge is -2.14. The molecule has 3 atom stereocenters. The number of hydrogen-bond acceptors (Lipinski definition) is 9. The molecular formula is C20H29N3O7. The van der Waals surface area contributed by atoms with E-state index in [0.29, 0.717) is 17.7 Å². The zero-order valence-electron chi connectivity index (χ0n) is 17.1. The summed E-state index contributed by atoms with van der Waals surface area (Å²) in [5.74, 6) is -3.04. The third-order valence-electron chi connectivity index (χ3n) is 4.12. The summed E-state index contributed by atoms with van der Waals surface area (Å²) in [5, 5.41) is 8.66. The van der Waals surface area contributed by atoms with E-state index in [-0.39, 0.29) is 25.2 Å². The topological polar surface area (TPSA) is 185 Å². The molecular weight excluding hydrogens is 394 g/mol. The van der Waals surface area contributed by atoms with Crippen molar-refractivity contribution in [1.82, 2.24) is 0 Å². The fourth-order valence-corrected chi connectivity index (χ4v) is 2.46. The van der Waals surface area contributed by atoms with Crippen molar-refractivity contribution in [2.24, 2.45) is 23.1 Å². The fraction of sp³-hybridized carbons (Fsp3) is 0.500. The van der Waals surface area contributed by atoms with Gasteiger partial charge in [0.05, 0.1) is 0 Å². The van der Waals surface area contributed by atoms with Crippen LogP contribution in [0.15, 0.2) is 24.3 Å². The average Bonchev–Trinajstić information content (AvgIpc) is 2.66. The number of ether oxygens (including phenoxy) is 2. The summed E-state index contributed by atoms with van der Waals surface area (Å²) in [7, 11) is 0. The number of aliphatic carboxylic acids is 1. The Balaban J connectivity index is 2.50. The van der Waals surface area contributed by atoms with Crippen LogP contribution < -0.4 is 21.9 Å². The van der Waals surface area contributed by atoms with Crippen LogP contribution >= 0.6 is 0 Å². The fourth-order valence-electron chi connectivity index (χ4n) is 2.46. The molecule has 0 heterocycles. The van der Waals surface area contributed by atoms with Gasteiger partial charge in [0.15, 0.2) is 0 Å². The van der Waals surface area contributed by atoms with Gasteiger partial charge in [-0.15, -0.1) is 0 Å². The van der Waals surface area contributed by atoms with E-state index in [4.69, 9.17) is 27.0 Å². The third-order valence-corrected chi connectivity index (χ3v) is 4.12. The van der Waals surface area contributed by atoms with Crippen molar-refractivity contribution in [2.45, 2.75) is 57.7 Å². The van der Waals surface area contributed by atoms with Crippen molar-refractivity contribution in [2.75, 3.05) is 0 Å². The van der Waals surface area contributed by atoms with Gasteiger partial charge in [-0.1, -0.05) is 26.0 Å². The van der Waals surface area contributed by atoms with Gasteiger partial charge in [0, 0.05) is 6.42 Å². The SMILES string of the molecule is CC(C)C[C@H](N)C(=O)Oc1ccc(C[C@@H](N)C(=O)OC(=O)CC[C@@H](N)C(=O)O)cc1. The minimum Gasteiger partial charge on any atom is -0.480 e. The molecule has 0 radical (unpaired) electrons. The molecule has 1 aromatic rings. The van der Waals surface area contributed by atoms with Gasteiger partial charge < -0.3 is 31.8 Å². The van der Waals surface area contributed by atoms with E-state index in [1.165, 1.54) is 0 Å². The van der Waals surface area contributed by atoms with Gasteiger partial charge in [0.2, 0.25) is 0 Å². The van der Waals surface area contributed by atoms with Gasteiger partial charge in [-0.2, -0.15) is 0 Å². The highest BCUT2D eigenvalue weighted by molar-refractivity contribution is 5.88. The van der Waals surface area contributed by atoms with E-state index in [9.17, 15) is 19.2 Å². The lowest BCUT2D eigenvalue weighted by atomic mass is 10.0. The van der Waals surface area contributed by atoms with Crippen LogP contribution in [0.2, 0.25) is 0 Å². The van der Waals surface area contributed by atoms with Crippen molar-refractivity contribution < 1.29 is 33.8 Å². The largest absolute Gasteiger partial charge is 0.480 e. The first-order valence-corrected chi connectivity index (χ1v) is 9.54. The molecule has 0 saturated carbocycles. The minimum absolute atomic E-state index is 0.0852. The average molecular weight is 423 g/mol. The zero-order chi connectivity index (χ0) is 22.8. The summed E-state index contributed by atoms with van der Waals surface area (Å²) < 4.78 is 9.83. The Kier molecular flexibility index (Phi) is 10.1. The Morgan fingerprint density at radius 3 is 2.07 bits per heavy atom. The number of rotatable bonds is 11. The lowest BCUT2D eigenvalue weighted by Crippen LogP contribution is -2.36. The number of nitrogens with two attached hydrogens (primary N) is 3. The number of carboxylic acids is 1. The number of hydrogen-bond donors (Lipinski definition) is 4. The van der Waals surface area contributed by atoms with E-state index in [2.05, 4.69) is 4.74 Å². The van der Waals surface area contributed by atoms with Crippen LogP contribution in [0.5, 0.6) is 5.75 Å². The maximum atomic E-state index is 11.9. The van der Waals surface area contributed by atoms with Crippen molar-refractivity contribution in [3.8, 4) is 5.75 Å². The number of carbonyl (C=O) groups excluding carboxylic acids is 3. The third kappa shape index (κ3) is 9.12. The molecule has 7 N–H and O–H groups in total. The Morgan fingerprint density at radius 1 is 0.933 bits per heavy atom. The molecule has 30 heavy (non-hydrogen) atoms. The molecule has 0 spiro atoms. The summed E-state index contributed by atoms with van der Waals surface area (Å²) in [6, 6.07) is 3.31. The van der Waals surface area contributed by atoms with Crippen LogP contribution in [0.3, 0.4) is 0 Å². The molecule has 0 aromatic heterocycles. The van der Waals surface area contributed by atoms with E-state index in [1.54, 1.807) is 24.3 Å². The molecule has 1 rings (SSSR count). The summed E-state index contributed by atoms with van der Waals surface area (Å²) in [6.07, 6.45) is 0.124. The highest BCUT2D eigenvalue weighted by atomic mass is 16.6. The van der Waals surface area contributed by atoms with Crippen molar-refractivity contribution in [1.29, 1.82) is 0 Å². The first kappa shape index (κ1) is 25.2. The molecule has 0 aliphatic rings. The standard InChI is InChI=1S/C20H29N3O7/c1-11(2)9-15(22)19(27)29-13-5-3-12(4-6-13)10-16(23)20(28)30-17(24)8-7-14(21)18(25)26/h3-6,11,14-16H,7-10,21-23H2,1-2H3,(H,25,26)/t14-,15+,16-/m1/s1. The minimum atomic E-state index is -1.25. The second kappa shape index (κ2) is 12.0. The molecule has 0 saturated heterocycles. The van der Waals surface area contributed by atoms with E-state index in [1.807, 2.05) is 13.8 Å². The van der Waals surface area contributed by atoms with Crippen LogP contribution in [0.4, 0.5) is 0 Å². The lowest BCUT2D eigenvalue weighted by molar-refractivity contribution is -0.160. The molecule has 0 fully saturated rings. The molecule has 0 aliphatic heterocycles. The number of esters is 3. The van der Waals surface area contributed by atoms with Crippen molar-refractivity contribution in [3.05, 3.63) is 29.8 Å². The van der Waals surface area contributed by atoms with E-state index >= 15 is 0 Å². The Labute approximate surface area is 174 Å². The monoisotopic (exact) mass is 423 g/mol. The molecule has 166 valence electrons. The molecule has 1 aromatic carbocycles. The molecule has 0 unspecified atom stereocenters. The molecule has 0 amide bonds. The highest BCUT2D eigenvalue weighted by Crippen LogP contribution is 2.15. The highest BCUT2D eigenvalue weighted by Gasteiger charge is 2.21. The first-order valence-electron chi connectivity index (χ1n) is 9.54. The molecule has 10 heteroatoms. The van der Waals surface area contributed by atoms with E-state index < -0.39 is 42.0 Å². The quantitative estimate of drug-likeness (QED) is 0.216. The first-order chi connectivity index (χ1) is 14.0. The summed E-state index contributed by atoms with van der Waals surface area (Å²) in [6.45, 7) is 3.91. The van der Waals surface area contributed by atoms with Crippen LogP contribution in [0.1, 0.15) is 38.7 Å². The van der Waals surface area contributed by atoms with Gasteiger partial charge in [0.25, 0.3) is 0 Å². The van der Waals surface area contributed by atoms with Crippen LogP contribution in [0.25, 0.3) is 0 Å². The van der Waals surface area contributed by atoms with Crippen molar-refractivity contribution in [3.63, 3.8) is 0 Å². The molecule has 0 bridgehead atoms. The number of carboxylic acid groups (broad SMARTS) is 1. The van der Waals surface area contributed by atoms with Crippen LogP contribution in [-0.2, 0) is 30.3 Å². The Morgan fingerprint density at radius 2 is 1.53 bits per heavy atom. The van der Waals surface area contributed by atoms with Gasteiger partial charge in [-0.25, -0.2) is 9.59 Å². The van der Waals surface area contributed by atoms with Gasteiger partial charge in [-0.05, 0) is 42.9 Å². The van der Waals surface area contributed by atoms with Gasteiger partial charge in [-0.3, -0.25) is 9.59 Å². The van der Waals surface area contributed by atoms with E-state index in [0.717, 1.165) is 0 Å². The second-order valence-electron chi connectivity index (χ2n) is 7.39. The van der Waals surface area contributed by atoms with Gasteiger partial charge in [0.1, 0.15) is 23.9 Å². The van der Waals surface area contributed by atoms with Gasteiger partial charge >= 0.3 is 23.9 Å². The summed E-state index contributed by atoms with van der Waals surface area (Å²) >= 11 is 0. The summed E-state index contributed by atoms with van der Waals surface area (Å²) in [4.78, 5) is 46.1. The second-order valence-corrected chi connectivity index (χ2v) is 7.39. The Hall–Kier alpha value is -2.82.